The molecule has 0 saturated carbocycles. The van der Waals surface area contributed by atoms with Gasteiger partial charge in [-0.15, -0.1) is 6.58 Å². The molecule has 0 aliphatic carbocycles. The average molecular weight is 333 g/mol. The molecule has 0 saturated heterocycles. The Kier molecular flexibility index (Phi) is 9.42. The summed E-state index contributed by atoms with van der Waals surface area (Å²) in [4.78, 5) is 22.4. The molecule has 0 spiro atoms. The Morgan fingerprint density at radius 2 is 1.83 bits per heavy atom. The van der Waals surface area contributed by atoms with Gasteiger partial charge in [0.25, 0.3) is 5.69 Å². The number of unbranched alkanes of at least 4 members (excludes halogenated alkanes) is 6. The predicted octanol–water partition coefficient (Wildman–Crippen LogP) is 5.51. The third-order valence-electron chi connectivity index (χ3n) is 3.92. The number of hydrogen-bond acceptors (Lipinski definition) is 4. The summed E-state index contributed by atoms with van der Waals surface area (Å²) in [5, 5.41) is 11.0. The van der Waals surface area contributed by atoms with Crippen LogP contribution in [-0.2, 0) is 9.53 Å². The molecule has 0 N–H and O–H groups in total. The second-order valence-electron chi connectivity index (χ2n) is 5.90. The SMILES string of the molecule is C=CCCCCCCCCC(=O)OC(C)c1ccccc1[N+](=O)[O-]. The number of hydrogen-bond donors (Lipinski definition) is 0. The summed E-state index contributed by atoms with van der Waals surface area (Å²) in [7, 11) is 0. The molecule has 1 unspecified atom stereocenters. The molecule has 0 aliphatic heterocycles. The summed E-state index contributed by atoms with van der Waals surface area (Å²) < 4.78 is 5.33. The average Bonchev–Trinajstić information content (AvgIpc) is 2.57. The summed E-state index contributed by atoms with van der Waals surface area (Å²) in [6.07, 6.45) is 9.22. The van der Waals surface area contributed by atoms with Gasteiger partial charge in [0.1, 0.15) is 6.10 Å². The number of nitrogens with zero attached hydrogens (tertiary/aromatic N) is 1. The van der Waals surface area contributed by atoms with Gasteiger partial charge in [-0.05, 0) is 32.3 Å². The quantitative estimate of drug-likeness (QED) is 0.166. The molecule has 1 aromatic carbocycles. The zero-order valence-corrected chi connectivity index (χ0v) is 14.4. The van der Waals surface area contributed by atoms with E-state index in [4.69, 9.17) is 4.74 Å². The highest BCUT2D eigenvalue weighted by atomic mass is 16.6. The Morgan fingerprint density at radius 1 is 1.21 bits per heavy atom. The van der Waals surface area contributed by atoms with E-state index in [1.54, 1.807) is 25.1 Å². The van der Waals surface area contributed by atoms with Gasteiger partial charge in [-0.2, -0.15) is 0 Å². The first-order chi connectivity index (χ1) is 11.6. The van der Waals surface area contributed by atoms with Crippen LogP contribution in [0.15, 0.2) is 36.9 Å². The van der Waals surface area contributed by atoms with Gasteiger partial charge in [0.15, 0.2) is 0 Å². The first-order valence-corrected chi connectivity index (χ1v) is 8.60. The maximum absolute atomic E-state index is 11.9. The molecule has 132 valence electrons. The van der Waals surface area contributed by atoms with E-state index in [1.165, 1.54) is 25.3 Å². The van der Waals surface area contributed by atoms with Crippen LogP contribution in [0.25, 0.3) is 0 Å². The second-order valence-corrected chi connectivity index (χ2v) is 5.90. The summed E-state index contributed by atoms with van der Waals surface area (Å²) >= 11 is 0. The minimum Gasteiger partial charge on any atom is -0.458 e. The number of para-hydroxylation sites is 1. The highest BCUT2D eigenvalue weighted by Crippen LogP contribution is 2.27. The number of benzene rings is 1. The lowest BCUT2D eigenvalue weighted by Gasteiger charge is -2.13. The number of rotatable bonds is 12. The summed E-state index contributed by atoms with van der Waals surface area (Å²) in [5.74, 6) is -0.299. The van der Waals surface area contributed by atoms with Gasteiger partial charge in [0.05, 0.1) is 10.5 Å². The third kappa shape index (κ3) is 7.40. The molecule has 5 nitrogen and oxygen atoms in total. The van der Waals surface area contributed by atoms with Gasteiger partial charge in [-0.3, -0.25) is 14.9 Å². The van der Waals surface area contributed by atoms with Crippen LogP contribution in [0.2, 0.25) is 0 Å². The fraction of sp³-hybridized carbons (Fsp3) is 0.526. The number of esters is 1. The second kappa shape index (κ2) is 11.4. The molecule has 0 radical (unpaired) electrons. The molecule has 5 heteroatoms. The van der Waals surface area contributed by atoms with Gasteiger partial charge in [-0.1, -0.05) is 43.9 Å². The lowest BCUT2D eigenvalue weighted by molar-refractivity contribution is -0.386. The van der Waals surface area contributed by atoms with Gasteiger partial charge in [-0.25, -0.2) is 0 Å². The molecular formula is C19H27NO4. The Labute approximate surface area is 143 Å². The van der Waals surface area contributed by atoms with Crippen LogP contribution in [0.5, 0.6) is 0 Å². The molecule has 0 fully saturated rings. The zero-order chi connectivity index (χ0) is 17.8. The number of ether oxygens (including phenoxy) is 1. The molecule has 0 aliphatic rings. The minimum absolute atomic E-state index is 0.0164. The van der Waals surface area contributed by atoms with Crippen molar-refractivity contribution < 1.29 is 14.5 Å². The van der Waals surface area contributed by atoms with Crippen molar-refractivity contribution in [3.8, 4) is 0 Å². The number of allylic oxidation sites excluding steroid dienone is 1. The van der Waals surface area contributed by atoms with E-state index < -0.39 is 11.0 Å². The molecule has 24 heavy (non-hydrogen) atoms. The van der Waals surface area contributed by atoms with Crippen LogP contribution >= 0.6 is 0 Å². The fourth-order valence-corrected chi connectivity index (χ4v) is 2.58. The monoisotopic (exact) mass is 333 g/mol. The number of carbonyl (C=O) groups excluding carboxylic acids is 1. The first kappa shape index (κ1) is 19.9. The van der Waals surface area contributed by atoms with Crippen molar-refractivity contribution in [3.63, 3.8) is 0 Å². The van der Waals surface area contributed by atoms with Crippen LogP contribution in [-0.4, -0.2) is 10.9 Å². The van der Waals surface area contributed by atoms with Gasteiger partial charge >= 0.3 is 5.97 Å². The molecule has 0 amide bonds. The van der Waals surface area contributed by atoms with Crippen LogP contribution in [0.1, 0.15) is 70.0 Å². The molecule has 0 aromatic heterocycles. The van der Waals surface area contributed by atoms with Crippen LogP contribution < -0.4 is 0 Å². The largest absolute Gasteiger partial charge is 0.458 e. The highest BCUT2D eigenvalue weighted by molar-refractivity contribution is 5.69. The molecule has 1 rings (SSSR count). The maximum atomic E-state index is 11.9. The van der Waals surface area contributed by atoms with E-state index in [2.05, 4.69) is 6.58 Å². The van der Waals surface area contributed by atoms with E-state index in [-0.39, 0.29) is 11.7 Å². The van der Waals surface area contributed by atoms with Crippen molar-refractivity contribution in [2.45, 2.75) is 64.4 Å². The Morgan fingerprint density at radius 3 is 2.50 bits per heavy atom. The first-order valence-electron chi connectivity index (χ1n) is 8.60. The minimum atomic E-state index is -0.613. The Balaban J connectivity index is 2.28. The van der Waals surface area contributed by atoms with Gasteiger partial charge in [0, 0.05) is 12.5 Å². The van der Waals surface area contributed by atoms with E-state index in [1.807, 2.05) is 6.08 Å². The number of nitro benzene ring substituents is 1. The molecule has 0 heterocycles. The third-order valence-corrected chi connectivity index (χ3v) is 3.92. The Bertz CT molecular complexity index is 542. The van der Waals surface area contributed by atoms with Crippen molar-refractivity contribution in [2.24, 2.45) is 0 Å². The van der Waals surface area contributed by atoms with Crippen LogP contribution in [0, 0.1) is 10.1 Å². The molecular weight excluding hydrogens is 306 g/mol. The highest BCUT2D eigenvalue weighted by Gasteiger charge is 2.20. The summed E-state index contributed by atoms with van der Waals surface area (Å²) in [6, 6.07) is 6.36. The summed E-state index contributed by atoms with van der Waals surface area (Å²) in [6.45, 7) is 5.37. The smallest absolute Gasteiger partial charge is 0.306 e. The molecule has 0 bridgehead atoms. The van der Waals surface area contributed by atoms with Crippen molar-refractivity contribution in [3.05, 3.63) is 52.6 Å². The molecule has 1 atom stereocenters. The van der Waals surface area contributed by atoms with Crippen molar-refractivity contribution in [1.29, 1.82) is 0 Å². The van der Waals surface area contributed by atoms with Crippen molar-refractivity contribution >= 4 is 11.7 Å². The van der Waals surface area contributed by atoms with Gasteiger partial charge in [0.2, 0.25) is 0 Å². The summed E-state index contributed by atoms with van der Waals surface area (Å²) in [5.41, 5.74) is 0.412. The van der Waals surface area contributed by atoms with Gasteiger partial charge < -0.3 is 4.74 Å². The van der Waals surface area contributed by atoms with Crippen molar-refractivity contribution in [2.75, 3.05) is 0 Å². The van der Waals surface area contributed by atoms with Crippen LogP contribution in [0.4, 0.5) is 5.69 Å². The lowest BCUT2D eigenvalue weighted by Crippen LogP contribution is -2.10. The standard InChI is InChI=1S/C19H27NO4/c1-3-4-5-6-7-8-9-10-15-19(21)24-16(2)17-13-11-12-14-18(17)20(22)23/h3,11-14,16H,1,4-10,15H2,2H3. The van der Waals surface area contributed by atoms with Crippen LogP contribution in [0.3, 0.4) is 0 Å². The van der Waals surface area contributed by atoms with Crippen molar-refractivity contribution in [1.82, 2.24) is 0 Å². The predicted molar refractivity (Wildman–Crippen MR) is 94.7 cm³/mol. The normalized spacial score (nSPS) is 11.7. The van der Waals surface area contributed by atoms with E-state index in [0.717, 1.165) is 25.7 Å². The van der Waals surface area contributed by atoms with E-state index in [0.29, 0.717) is 12.0 Å². The lowest BCUT2D eigenvalue weighted by atomic mass is 10.1. The van der Waals surface area contributed by atoms with E-state index in [9.17, 15) is 14.9 Å². The zero-order valence-electron chi connectivity index (χ0n) is 14.4. The Hall–Kier alpha value is -2.17. The number of nitro groups is 1. The van der Waals surface area contributed by atoms with E-state index >= 15 is 0 Å². The topological polar surface area (TPSA) is 69.4 Å². The molecule has 1 aromatic rings. The fourth-order valence-electron chi connectivity index (χ4n) is 2.58. The number of carbonyl (C=O) groups is 1. The maximum Gasteiger partial charge on any atom is 0.306 e.